The molecule has 138 valence electrons. The molecule has 0 saturated heterocycles. The van der Waals surface area contributed by atoms with Gasteiger partial charge in [-0.25, -0.2) is 5.43 Å². The molecule has 0 bridgehead atoms. The topological polar surface area (TPSA) is 89.0 Å². The lowest BCUT2D eigenvalue weighted by atomic mass is 10.2. The molecule has 2 N–H and O–H groups in total. The van der Waals surface area contributed by atoms with Crippen molar-refractivity contribution in [2.24, 2.45) is 11.0 Å². The highest BCUT2D eigenvalue weighted by Crippen LogP contribution is 2.36. The van der Waals surface area contributed by atoms with Crippen LogP contribution in [0.3, 0.4) is 0 Å². The molecule has 0 fully saturated rings. The summed E-state index contributed by atoms with van der Waals surface area (Å²) in [6, 6.07) is 3.32. The Balaban J connectivity index is 2.76. The van der Waals surface area contributed by atoms with Crippen molar-refractivity contribution < 1.29 is 19.1 Å². The van der Waals surface area contributed by atoms with Crippen molar-refractivity contribution >= 4 is 29.6 Å². The predicted molar refractivity (Wildman–Crippen MR) is 97.4 cm³/mol. The zero-order valence-electron chi connectivity index (χ0n) is 14.9. The van der Waals surface area contributed by atoms with E-state index in [0.717, 1.165) is 0 Å². The van der Waals surface area contributed by atoms with Gasteiger partial charge in [-0.2, -0.15) is 5.10 Å². The summed E-state index contributed by atoms with van der Waals surface area (Å²) in [5.41, 5.74) is 2.77. The van der Waals surface area contributed by atoms with Crippen LogP contribution < -0.4 is 20.2 Å². The van der Waals surface area contributed by atoms with E-state index in [9.17, 15) is 9.59 Å². The fourth-order valence-electron chi connectivity index (χ4n) is 1.80. The minimum Gasteiger partial charge on any atom is -0.490 e. The second-order valence-corrected chi connectivity index (χ2v) is 5.91. The first-order valence-electron chi connectivity index (χ1n) is 8.09. The van der Waals surface area contributed by atoms with Gasteiger partial charge in [0.05, 0.1) is 24.5 Å². The summed E-state index contributed by atoms with van der Waals surface area (Å²) in [6.45, 7) is 8.88. The Morgan fingerprint density at radius 1 is 1.20 bits per heavy atom. The van der Waals surface area contributed by atoms with Gasteiger partial charge in [-0.1, -0.05) is 25.4 Å². The highest BCUT2D eigenvalue weighted by atomic mass is 35.5. The second-order valence-electron chi connectivity index (χ2n) is 5.50. The maximum atomic E-state index is 11.6. The van der Waals surface area contributed by atoms with Crippen LogP contribution in [0.15, 0.2) is 17.2 Å². The molecule has 0 spiro atoms. The number of halogens is 1. The van der Waals surface area contributed by atoms with E-state index in [1.54, 1.807) is 12.1 Å². The molecule has 0 aliphatic carbocycles. The normalized spacial score (nSPS) is 10.8. The van der Waals surface area contributed by atoms with E-state index in [4.69, 9.17) is 21.1 Å². The van der Waals surface area contributed by atoms with E-state index in [0.29, 0.717) is 41.8 Å². The summed E-state index contributed by atoms with van der Waals surface area (Å²) in [5, 5.41) is 6.64. The first-order chi connectivity index (χ1) is 11.9. The molecule has 2 amide bonds. The van der Waals surface area contributed by atoms with Gasteiger partial charge in [0.15, 0.2) is 11.5 Å². The molecule has 1 aromatic carbocycles. The smallest absolute Gasteiger partial charge is 0.329 e. The van der Waals surface area contributed by atoms with Crippen LogP contribution >= 0.6 is 11.6 Å². The van der Waals surface area contributed by atoms with Gasteiger partial charge in [-0.15, -0.1) is 0 Å². The van der Waals surface area contributed by atoms with Crippen LogP contribution in [0.1, 0.15) is 33.3 Å². The number of hydrazone groups is 1. The van der Waals surface area contributed by atoms with Crippen molar-refractivity contribution in [1.29, 1.82) is 0 Å². The van der Waals surface area contributed by atoms with Crippen LogP contribution in [0, 0.1) is 5.92 Å². The molecule has 25 heavy (non-hydrogen) atoms. The van der Waals surface area contributed by atoms with Crippen molar-refractivity contribution in [2.75, 3.05) is 19.8 Å². The fraction of sp³-hybridized carbons (Fsp3) is 0.471. The van der Waals surface area contributed by atoms with Gasteiger partial charge in [0, 0.05) is 6.54 Å². The van der Waals surface area contributed by atoms with Crippen LogP contribution in [0.2, 0.25) is 5.02 Å². The maximum Gasteiger partial charge on any atom is 0.329 e. The maximum absolute atomic E-state index is 11.6. The summed E-state index contributed by atoms with van der Waals surface area (Å²) in [7, 11) is 0. The molecular weight excluding hydrogens is 346 g/mol. The lowest BCUT2D eigenvalue weighted by Crippen LogP contribution is -2.39. The van der Waals surface area contributed by atoms with Crippen LogP contribution in [0.25, 0.3) is 0 Å². The third kappa shape index (κ3) is 7.01. The number of benzene rings is 1. The van der Waals surface area contributed by atoms with E-state index in [-0.39, 0.29) is 5.92 Å². The number of nitrogens with one attached hydrogen (secondary N) is 2. The number of ether oxygens (including phenoxy) is 2. The molecule has 0 aromatic heterocycles. The molecule has 8 heteroatoms. The van der Waals surface area contributed by atoms with Crippen molar-refractivity contribution in [3.63, 3.8) is 0 Å². The van der Waals surface area contributed by atoms with E-state index >= 15 is 0 Å². The molecule has 1 aromatic rings. The van der Waals surface area contributed by atoms with Crippen LogP contribution in [-0.4, -0.2) is 37.8 Å². The second kappa shape index (κ2) is 10.6. The first kappa shape index (κ1) is 20.8. The summed E-state index contributed by atoms with van der Waals surface area (Å²) >= 11 is 6.19. The summed E-state index contributed by atoms with van der Waals surface area (Å²) in [6.07, 6.45) is 1.37. The monoisotopic (exact) mass is 369 g/mol. The number of amides is 2. The Labute approximate surface area is 152 Å². The summed E-state index contributed by atoms with van der Waals surface area (Å²) in [5.74, 6) is -0.368. The first-order valence-corrected chi connectivity index (χ1v) is 8.47. The molecule has 0 saturated carbocycles. The van der Waals surface area contributed by atoms with E-state index in [1.807, 2.05) is 27.7 Å². The number of hydrogen-bond acceptors (Lipinski definition) is 5. The largest absolute Gasteiger partial charge is 0.490 e. The van der Waals surface area contributed by atoms with Gasteiger partial charge >= 0.3 is 11.8 Å². The zero-order valence-corrected chi connectivity index (χ0v) is 15.6. The lowest BCUT2D eigenvalue weighted by Gasteiger charge is -2.13. The number of carbonyl (C=O) groups is 2. The summed E-state index contributed by atoms with van der Waals surface area (Å²) < 4.78 is 11.0. The molecule has 1 rings (SSSR count). The zero-order chi connectivity index (χ0) is 18.8. The van der Waals surface area contributed by atoms with Crippen LogP contribution in [0.4, 0.5) is 0 Å². The Bertz CT molecular complexity index is 633. The van der Waals surface area contributed by atoms with Crippen LogP contribution in [0.5, 0.6) is 11.5 Å². The standard InChI is InChI=1S/C17H24ClN3O4/c1-5-24-14-8-12(7-13(18)15(14)25-6-2)10-20-21-17(23)16(22)19-9-11(3)4/h7-8,10-11H,5-6,9H2,1-4H3,(H,19,22)(H,21,23)/b20-10-. The highest BCUT2D eigenvalue weighted by molar-refractivity contribution is 6.35. The average Bonchev–Trinajstić information content (AvgIpc) is 2.55. The predicted octanol–water partition coefficient (Wildman–Crippen LogP) is 2.36. The average molecular weight is 370 g/mol. The molecule has 0 atom stereocenters. The number of carbonyl (C=O) groups excluding carboxylic acids is 2. The number of rotatable bonds is 8. The van der Waals surface area contributed by atoms with Crippen molar-refractivity contribution in [1.82, 2.24) is 10.7 Å². The SMILES string of the molecule is CCOc1cc(/C=N\NC(=O)C(=O)NCC(C)C)cc(Cl)c1OCC. The van der Waals surface area contributed by atoms with Crippen molar-refractivity contribution in [2.45, 2.75) is 27.7 Å². The van der Waals surface area contributed by atoms with Crippen molar-refractivity contribution in [3.8, 4) is 11.5 Å². The van der Waals surface area contributed by atoms with Gasteiger partial charge in [0.25, 0.3) is 0 Å². The molecule has 0 unspecified atom stereocenters. The third-order valence-electron chi connectivity index (χ3n) is 2.88. The van der Waals surface area contributed by atoms with E-state index in [1.165, 1.54) is 6.21 Å². The van der Waals surface area contributed by atoms with Gasteiger partial charge < -0.3 is 14.8 Å². The van der Waals surface area contributed by atoms with Crippen LogP contribution in [-0.2, 0) is 9.59 Å². The molecule has 0 aliphatic rings. The van der Waals surface area contributed by atoms with Crippen molar-refractivity contribution in [3.05, 3.63) is 22.7 Å². The van der Waals surface area contributed by atoms with Gasteiger partial charge in [0.2, 0.25) is 0 Å². The number of nitrogens with zero attached hydrogens (tertiary/aromatic N) is 1. The van der Waals surface area contributed by atoms with Gasteiger partial charge in [-0.3, -0.25) is 9.59 Å². The van der Waals surface area contributed by atoms with E-state index in [2.05, 4.69) is 15.8 Å². The molecule has 0 aliphatic heterocycles. The molecule has 0 heterocycles. The Hall–Kier alpha value is -2.28. The Kier molecular flexibility index (Phi) is 8.77. The lowest BCUT2D eigenvalue weighted by molar-refractivity contribution is -0.139. The Morgan fingerprint density at radius 3 is 2.48 bits per heavy atom. The third-order valence-corrected chi connectivity index (χ3v) is 3.16. The van der Waals surface area contributed by atoms with Gasteiger partial charge in [-0.05, 0) is 37.5 Å². The quantitative estimate of drug-likeness (QED) is 0.418. The Morgan fingerprint density at radius 2 is 1.88 bits per heavy atom. The number of hydrogen-bond donors (Lipinski definition) is 2. The fourth-order valence-corrected chi connectivity index (χ4v) is 2.08. The minimum absolute atomic E-state index is 0.253. The van der Waals surface area contributed by atoms with E-state index < -0.39 is 11.8 Å². The van der Waals surface area contributed by atoms with Gasteiger partial charge in [0.1, 0.15) is 0 Å². The molecule has 0 radical (unpaired) electrons. The molecular formula is C17H24ClN3O4. The molecule has 7 nitrogen and oxygen atoms in total. The minimum atomic E-state index is -0.834. The summed E-state index contributed by atoms with van der Waals surface area (Å²) in [4.78, 5) is 23.2. The highest BCUT2D eigenvalue weighted by Gasteiger charge is 2.13.